The number of hydrogen-bond acceptors (Lipinski definition) is 5. The fraction of sp³-hybridized carbons (Fsp3) is 0.429. The van der Waals surface area contributed by atoms with Crippen molar-refractivity contribution in [3.8, 4) is 0 Å². The summed E-state index contributed by atoms with van der Waals surface area (Å²) < 4.78 is 37.6. The predicted octanol–water partition coefficient (Wildman–Crippen LogP) is 2.16. The van der Waals surface area contributed by atoms with Crippen LogP contribution in [0.3, 0.4) is 0 Å². The van der Waals surface area contributed by atoms with Gasteiger partial charge in [0.1, 0.15) is 22.2 Å². The summed E-state index contributed by atoms with van der Waals surface area (Å²) in [5.41, 5.74) is 0. The van der Waals surface area contributed by atoms with Crippen molar-refractivity contribution >= 4 is 10.0 Å². The second-order valence-corrected chi connectivity index (χ2v) is 6.45. The van der Waals surface area contributed by atoms with E-state index >= 15 is 0 Å². The molecule has 0 saturated carbocycles. The summed E-state index contributed by atoms with van der Waals surface area (Å²) in [6.07, 6.45) is 2.51. The fourth-order valence-corrected chi connectivity index (χ4v) is 3.12. The van der Waals surface area contributed by atoms with Crippen molar-refractivity contribution in [1.29, 1.82) is 0 Å². The molecule has 2 aromatic rings. The van der Waals surface area contributed by atoms with Crippen molar-refractivity contribution in [3.05, 3.63) is 41.7 Å². The quantitative estimate of drug-likeness (QED) is 0.730. The summed E-state index contributed by atoms with van der Waals surface area (Å²) in [6.45, 7) is 5.20. The molecule has 2 heterocycles. The van der Waals surface area contributed by atoms with E-state index in [2.05, 4.69) is 17.0 Å². The van der Waals surface area contributed by atoms with Crippen LogP contribution in [0.15, 0.2) is 38.2 Å². The molecule has 0 aliphatic heterocycles. The molecule has 7 heteroatoms. The SMILES string of the molecule is CCCNCc1cc(S(=O)(=O)NCc2ccco2)c(C)o1. The molecule has 2 rings (SSSR count). The van der Waals surface area contributed by atoms with Crippen molar-refractivity contribution < 1.29 is 17.3 Å². The van der Waals surface area contributed by atoms with Gasteiger partial charge < -0.3 is 14.2 Å². The molecule has 0 spiro atoms. The van der Waals surface area contributed by atoms with Crippen LogP contribution in [-0.4, -0.2) is 15.0 Å². The van der Waals surface area contributed by atoms with E-state index in [1.54, 1.807) is 25.1 Å². The molecule has 0 bridgehead atoms. The van der Waals surface area contributed by atoms with E-state index in [4.69, 9.17) is 8.83 Å². The number of nitrogens with one attached hydrogen (secondary N) is 2. The molecule has 21 heavy (non-hydrogen) atoms. The maximum Gasteiger partial charge on any atom is 0.244 e. The van der Waals surface area contributed by atoms with Gasteiger partial charge in [-0.25, -0.2) is 13.1 Å². The number of rotatable bonds is 8. The molecule has 0 amide bonds. The monoisotopic (exact) mass is 312 g/mol. The van der Waals surface area contributed by atoms with E-state index in [1.807, 2.05) is 0 Å². The summed E-state index contributed by atoms with van der Waals surface area (Å²) in [6, 6.07) is 4.98. The van der Waals surface area contributed by atoms with Gasteiger partial charge in [-0.05, 0) is 32.0 Å². The van der Waals surface area contributed by atoms with E-state index in [9.17, 15) is 8.42 Å². The topological polar surface area (TPSA) is 84.5 Å². The van der Waals surface area contributed by atoms with Crippen LogP contribution in [0.5, 0.6) is 0 Å². The van der Waals surface area contributed by atoms with Crippen molar-refractivity contribution in [2.24, 2.45) is 0 Å². The zero-order valence-electron chi connectivity index (χ0n) is 12.2. The molecule has 0 atom stereocenters. The lowest BCUT2D eigenvalue weighted by molar-refractivity contribution is 0.456. The van der Waals surface area contributed by atoms with Crippen molar-refractivity contribution in [2.75, 3.05) is 6.54 Å². The summed E-state index contributed by atoms with van der Waals surface area (Å²) in [5, 5.41) is 3.17. The molecule has 0 aliphatic rings. The number of hydrogen-bond donors (Lipinski definition) is 2. The number of sulfonamides is 1. The van der Waals surface area contributed by atoms with E-state index in [0.717, 1.165) is 13.0 Å². The minimum atomic E-state index is -3.61. The van der Waals surface area contributed by atoms with Crippen LogP contribution in [0.4, 0.5) is 0 Å². The zero-order valence-corrected chi connectivity index (χ0v) is 13.0. The normalized spacial score (nSPS) is 11.9. The molecule has 2 aromatic heterocycles. The Kier molecular flexibility index (Phi) is 5.22. The maximum absolute atomic E-state index is 12.3. The van der Waals surface area contributed by atoms with Gasteiger partial charge in [-0.2, -0.15) is 0 Å². The molecule has 0 fully saturated rings. The molecule has 116 valence electrons. The molecule has 0 aliphatic carbocycles. The fourth-order valence-electron chi connectivity index (χ4n) is 1.92. The van der Waals surface area contributed by atoms with Crippen molar-refractivity contribution in [1.82, 2.24) is 10.0 Å². The van der Waals surface area contributed by atoms with Crippen LogP contribution >= 0.6 is 0 Å². The molecule has 0 unspecified atom stereocenters. The third-order valence-electron chi connectivity index (χ3n) is 2.96. The Hall–Kier alpha value is -1.57. The second-order valence-electron chi connectivity index (χ2n) is 4.71. The Balaban J connectivity index is 2.05. The molecule has 0 aromatic carbocycles. The highest BCUT2D eigenvalue weighted by Gasteiger charge is 2.21. The highest BCUT2D eigenvalue weighted by molar-refractivity contribution is 7.89. The van der Waals surface area contributed by atoms with Crippen LogP contribution in [0, 0.1) is 6.92 Å². The Bertz CT molecular complexity index is 659. The first-order valence-electron chi connectivity index (χ1n) is 6.85. The highest BCUT2D eigenvalue weighted by Crippen LogP contribution is 2.20. The third-order valence-corrected chi connectivity index (χ3v) is 4.46. The lowest BCUT2D eigenvalue weighted by atomic mass is 10.4. The smallest absolute Gasteiger partial charge is 0.244 e. The Morgan fingerprint density at radius 1 is 1.24 bits per heavy atom. The van der Waals surface area contributed by atoms with Gasteiger partial charge in [-0.15, -0.1) is 0 Å². The largest absolute Gasteiger partial charge is 0.468 e. The van der Waals surface area contributed by atoms with Crippen LogP contribution < -0.4 is 10.0 Å². The van der Waals surface area contributed by atoms with Gasteiger partial charge in [-0.1, -0.05) is 6.92 Å². The Labute approximate surface area is 124 Å². The summed E-state index contributed by atoms with van der Waals surface area (Å²) in [5.74, 6) is 1.55. The Morgan fingerprint density at radius 3 is 2.71 bits per heavy atom. The lowest BCUT2D eigenvalue weighted by Crippen LogP contribution is -2.23. The van der Waals surface area contributed by atoms with Crippen molar-refractivity contribution in [2.45, 2.75) is 38.3 Å². The van der Waals surface area contributed by atoms with E-state index < -0.39 is 10.0 Å². The molecule has 0 radical (unpaired) electrons. The van der Waals surface area contributed by atoms with Gasteiger partial charge in [0, 0.05) is 6.07 Å². The van der Waals surface area contributed by atoms with Crippen molar-refractivity contribution in [3.63, 3.8) is 0 Å². The van der Waals surface area contributed by atoms with E-state index in [-0.39, 0.29) is 11.4 Å². The third kappa shape index (κ3) is 4.20. The molecule has 2 N–H and O–H groups in total. The maximum atomic E-state index is 12.3. The summed E-state index contributed by atoms with van der Waals surface area (Å²) in [4.78, 5) is 0.169. The molecular formula is C14H20N2O4S. The first-order chi connectivity index (χ1) is 10.0. The predicted molar refractivity (Wildman–Crippen MR) is 78.2 cm³/mol. The number of furan rings is 2. The molecule has 0 saturated heterocycles. The van der Waals surface area contributed by atoms with Crippen LogP contribution in [0.25, 0.3) is 0 Å². The minimum absolute atomic E-state index is 0.114. The van der Waals surface area contributed by atoms with Gasteiger partial charge in [-0.3, -0.25) is 0 Å². The van der Waals surface area contributed by atoms with Crippen LogP contribution in [-0.2, 0) is 23.1 Å². The molecule has 6 nitrogen and oxygen atoms in total. The zero-order chi connectivity index (χ0) is 15.3. The Morgan fingerprint density at radius 2 is 2.05 bits per heavy atom. The van der Waals surface area contributed by atoms with Gasteiger partial charge in [0.2, 0.25) is 10.0 Å². The average molecular weight is 312 g/mol. The summed E-state index contributed by atoms with van der Waals surface area (Å²) >= 11 is 0. The van der Waals surface area contributed by atoms with E-state index in [1.165, 1.54) is 6.26 Å². The van der Waals surface area contributed by atoms with E-state index in [0.29, 0.717) is 23.8 Å². The summed E-state index contributed by atoms with van der Waals surface area (Å²) in [7, 11) is -3.61. The minimum Gasteiger partial charge on any atom is -0.468 e. The first-order valence-corrected chi connectivity index (χ1v) is 8.33. The lowest BCUT2D eigenvalue weighted by Gasteiger charge is -2.03. The average Bonchev–Trinajstić information content (AvgIpc) is 3.07. The van der Waals surface area contributed by atoms with Gasteiger partial charge in [0.15, 0.2) is 0 Å². The van der Waals surface area contributed by atoms with Gasteiger partial charge in [0.25, 0.3) is 0 Å². The van der Waals surface area contributed by atoms with Gasteiger partial charge >= 0.3 is 0 Å². The van der Waals surface area contributed by atoms with Gasteiger partial charge in [0.05, 0.1) is 19.4 Å². The number of aryl methyl sites for hydroxylation is 1. The highest BCUT2D eigenvalue weighted by atomic mass is 32.2. The first kappa shape index (κ1) is 15.8. The second kappa shape index (κ2) is 6.93. The van der Waals surface area contributed by atoms with Crippen LogP contribution in [0.1, 0.15) is 30.6 Å². The standard InChI is InChI=1S/C14H20N2O4S/c1-3-6-15-9-13-8-14(11(2)20-13)21(17,18)16-10-12-5-4-7-19-12/h4-5,7-8,15-16H,3,6,9-10H2,1-2H3. The van der Waals surface area contributed by atoms with Crippen LogP contribution in [0.2, 0.25) is 0 Å². The molecular weight excluding hydrogens is 292 g/mol.